The van der Waals surface area contributed by atoms with Crippen molar-refractivity contribution in [2.45, 2.75) is 6.42 Å². The molecule has 1 aliphatic rings. The maximum Gasteiger partial charge on any atom is 0.321 e. The van der Waals surface area contributed by atoms with Gasteiger partial charge in [0.15, 0.2) is 0 Å². The zero-order valence-corrected chi connectivity index (χ0v) is 8.55. The Bertz CT molecular complexity index is 433. The zero-order valence-electron chi connectivity index (χ0n) is 8.55. The monoisotopic (exact) mass is 221 g/mol. The van der Waals surface area contributed by atoms with Crippen molar-refractivity contribution in [3.8, 4) is 0 Å². The number of hydrogen-bond acceptors (Lipinski definition) is 3. The van der Waals surface area contributed by atoms with E-state index in [1.807, 2.05) is 0 Å². The van der Waals surface area contributed by atoms with Crippen molar-refractivity contribution >= 4 is 17.4 Å². The van der Waals surface area contributed by atoms with Crippen LogP contribution in [0.25, 0.3) is 0 Å². The minimum atomic E-state index is -0.467. The molecule has 0 aromatic heterocycles. The van der Waals surface area contributed by atoms with Gasteiger partial charge in [0.2, 0.25) is 0 Å². The molecule has 0 atom stereocenters. The zero-order chi connectivity index (χ0) is 11.5. The number of anilines is 1. The van der Waals surface area contributed by atoms with Crippen LogP contribution < -0.4 is 10.2 Å². The molecule has 2 amide bonds. The number of nitrogens with one attached hydrogen (secondary N) is 1. The van der Waals surface area contributed by atoms with Crippen LogP contribution >= 0.6 is 0 Å². The summed E-state index contributed by atoms with van der Waals surface area (Å²) in [5, 5.41) is 13.3. The number of nitro groups is 1. The summed E-state index contributed by atoms with van der Waals surface area (Å²) in [5.41, 5.74) is 0.558. The van der Waals surface area contributed by atoms with Crippen molar-refractivity contribution in [2.24, 2.45) is 0 Å². The molecule has 1 saturated heterocycles. The molecule has 1 aromatic carbocycles. The van der Waals surface area contributed by atoms with Crippen LogP contribution in [0.3, 0.4) is 0 Å². The van der Waals surface area contributed by atoms with Crippen LogP contribution in [0.15, 0.2) is 24.3 Å². The summed E-state index contributed by atoms with van der Waals surface area (Å²) in [6.45, 7) is 1.25. The van der Waals surface area contributed by atoms with Crippen molar-refractivity contribution in [2.75, 3.05) is 18.0 Å². The molecule has 1 fully saturated rings. The average molecular weight is 221 g/mol. The van der Waals surface area contributed by atoms with E-state index in [2.05, 4.69) is 5.32 Å². The number of carbonyl (C=O) groups is 1. The molecule has 16 heavy (non-hydrogen) atoms. The van der Waals surface area contributed by atoms with Gasteiger partial charge >= 0.3 is 6.03 Å². The van der Waals surface area contributed by atoms with Gasteiger partial charge in [-0.2, -0.15) is 0 Å². The largest absolute Gasteiger partial charge is 0.338 e. The maximum absolute atomic E-state index is 11.5. The Morgan fingerprint density at radius 3 is 2.94 bits per heavy atom. The first-order valence-electron chi connectivity index (χ1n) is 4.98. The molecule has 1 aromatic rings. The SMILES string of the molecule is O=C1NCCCN1c1cccc([N+](=O)[O-])c1. The molecule has 1 N–H and O–H groups in total. The lowest BCUT2D eigenvalue weighted by atomic mass is 10.2. The topological polar surface area (TPSA) is 75.5 Å². The molecular formula is C10H11N3O3. The molecular weight excluding hydrogens is 210 g/mol. The highest BCUT2D eigenvalue weighted by atomic mass is 16.6. The number of nitro benzene ring substituents is 1. The molecule has 6 heteroatoms. The number of nitrogens with zero attached hydrogens (tertiary/aromatic N) is 2. The number of rotatable bonds is 2. The highest BCUT2D eigenvalue weighted by Gasteiger charge is 2.20. The summed E-state index contributed by atoms with van der Waals surface area (Å²) in [6.07, 6.45) is 0.842. The van der Waals surface area contributed by atoms with Gasteiger partial charge in [0.25, 0.3) is 5.69 Å². The molecule has 0 aliphatic carbocycles. The normalized spacial score (nSPS) is 15.8. The minimum Gasteiger partial charge on any atom is -0.338 e. The number of urea groups is 1. The molecule has 0 unspecified atom stereocenters. The van der Waals surface area contributed by atoms with Crippen LogP contribution in [0.2, 0.25) is 0 Å². The van der Waals surface area contributed by atoms with Gasteiger partial charge in [0.1, 0.15) is 0 Å². The third-order valence-corrected chi connectivity index (χ3v) is 2.43. The molecule has 0 saturated carbocycles. The fourth-order valence-electron chi connectivity index (χ4n) is 1.65. The van der Waals surface area contributed by atoms with Gasteiger partial charge in [-0.15, -0.1) is 0 Å². The Morgan fingerprint density at radius 1 is 1.44 bits per heavy atom. The summed E-state index contributed by atoms with van der Waals surface area (Å²) in [6, 6.07) is 5.88. The Hall–Kier alpha value is -2.11. The second kappa shape index (κ2) is 4.18. The molecule has 1 heterocycles. The lowest BCUT2D eigenvalue weighted by molar-refractivity contribution is -0.384. The second-order valence-corrected chi connectivity index (χ2v) is 3.51. The number of carbonyl (C=O) groups excluding carboxylic acids is 1. The number of hydrogen-bond donors (Lipinski definition) is 1. The van der Waals surface area contributed by atoms with Gasteiger partial charge in [0.05, 0.1) is 10.6 Å². The van der Waals surface area contributed by atoms with Crippen molar-refractivity contribution in [3.63, 3.8) is 0 Å². The van der Waals surface area contributed by atoms with Gasteiger partial charge < -0.3 is 5.32 Å². The average Bonchev–Trinajstić information content (AvgIpc) is 2.30. The number of amides is 2. The summed E-state index contributed by atoms with van der Waals surface area (Å²) in [5.74, 6) is 0. The maximum atomic E-state index is 11.5. The van der Waals surface area contributed by atoms with Crippen molar-refractivity contribution in [3.05, 3.63) is 34.4 Å². The van der Waals surface area contributed by atoms with E-state index in [4.69, 9.17) is 0 Å². The summed E-state index contributed by atoms with van der Waals surface area (Å²) < 4.78 is 0. The van der Waals surface area contributed by atoms with Crippen LogP contribution in [0.1, 0.15) is 6.42 Å². The van der Waals surface area contributed by atoms with Gasteiger partial charge in [-0.3, -0.25) is 15.0 Å². The van der Waals surface area contributed by atoms with Crippen LogP contribution in [0.5, 0.6) is 0 Å². The molecule has 84 valence electrons. The van der Waals surface area contributed by atoms with E-state index in [0.717, 1.165) is 6.42 Å². The van der Waals surface area contributed by atoms with E-state index in [-0.39, 0.29) is 11.7 Å². The van der Waals surface area contributed by atoms with Crippen molar-refractivity contribution in [1.82, 2.24) is 5.32 Å². The van der Waals surface area contributed by atoms with E-state index in [1.165, 1.54) is 17.0 Å². The third-order valence-electron chi connectivity index (χ3n) is 2.43. The van der Waals surface area contributed by atoms with Crippen LogP contribution in [-0.4, -0.2) is 24.0 Å². The van der Waals surface area contributed by atoms with Crippen molar-refractivity contribution in [1.29, 1.82) is 0 Å². The van der Waals surface area contributed by atoms with Gasteiger partial charge in [0, 0.05) is 25.2 Å². The van der Waals surface area contributed by atoms with E-state index in [1.54, 1.807) is 12.1 Å². The Kier molecular flexibility index (Phi) is 2.72. The molecule has 6 nitrogen and oxygen atoms in total. The second-order valence-electron chi connectivity index (χ2n) is 3.51. The Morgan fingerprint density at radius 2 is 2.25 bits per heavy atom. The van der Waals surface area contributed by atoms with E-state index in [9.17, 15) is 14.9 Å². The first-order valence-corrected chi connectivity index (χ1v) is 4.98. The lowest BCUT2D eigenvalue weighted by Gasteiger charge is -2.27. The summed E-state index contributed by atoms with van der Waals surface area (Å²) >= 11 is 0. The molecule has 0 bridgehead atoms. The highest BCUT2D eigenvalue weighted by molar-refractivity contribution is 5.92. The Labute approximate surface area is 92.0 Å². The molecule has 1 aliphatic heterocycles. The smallest absolute Gasteiger partial charge is 0.321 e. The van der Waals surface area contributed by atoms with Gasteiger partial charge in [-0.25, -0.2) is 4.79 Å². The molecule has 2 rings (SSSR count). The van der Waals surface area contributed by atoms with Crippen LogP contribution in [0, 0.1) is 10.1 Å². The predicted molar refractivity (Wildman–Crippen MR) is 58.5 cm³/mol. The van der Waals surface area contributed by atoms with Gasteiger partial charge in [-0.1, -0.05) is 6.07 Å². The Balaban J connectivity index is 2.28. The summed E-state index contributed by atoms with van der Waals surface area (Å²) in [4.78, 5) is 23.2. The van der Waals surface area contributed by atoms with E-state index >= 15 is 0 Å². The standard InChI is InChI=1S/C10H11N3O3/c14-10-11-5-2-6-12(10)8-3-1-4-9(7-8)13(15)16/h1,3-4,7H,2,5-6H2,(H,11,14). The molecule has 0 radical (unpaired) electrons. The first kappa shape index (κ1) is 10.4. The quantitative estimate of drug-likeness (QED) is 0.607. The van der Waals surface area contributed by atoms with Crippen molar-refractivity contribution < 1.29 is 9.72 Å². The lowest BCUT2D eigenvalue weighted by Crippen LogP contribution is -2.46. The fourth-order valence-corrected chi connectivity index (χ4v) is 1.65. The van der Waals surface area contributed by atoms with Gasteiger partial charge in [-0.05, 0) is 12.5 Å². The van der Waals surface area contributed by atoms with E-state index < -0.39 is 4.92 Å². The minimum absolute atomic E-state index is 0.00382. The van der Waals surface area contributed by atoms with Crippen LogP contribution in [0.4, 0.5) is 16.2 Å². The predicted octanol–water partition coefficient (Wildman–Crippen LogP) is 1.51. The fraction of sp³-hybridized carbons (Fsp3) is 0.300. The first-order chi connectivity index (χ1) is 7.68. The number of benzene rings is 1. The number of non-ortho nitro benzene ring substituents is 1. The van der Waals surface area contributed by atoms with E-state index in [0.29, 0.717) is 18.8 Å². The third kappa shape index (κ3) is 1.95. The molecule has 0 spiro atoms. The highest BCUT2D eigenvalue weighted by Crippen LogP contribution is 2.22. The summed E-state index contributed by atoms with van der Waals surface area (Å²) in [7, 11) is 0. The van der Waals surface area contributed by atoms with Crippen LogP contribution in [-0.2, 0) is 0 Å².